The van der Waals surface area contributed by atoms with Crippen LogP contribution in [0.2, 0.25) is 0 Å². The van der Waals surface area contributed by atoms with Gasteiger partial charge in [-0.1, -0.05) is 13.8 Å². The topological polar surface area (TPSA) is 29.5 Å². The SMILES string of the molecule is CCN(CC)P(=O)(Cl)OC(C)C. The van der Waals surface area contributed by atoms with Gasteiger partial charge in [0.05, 0.1) is 6.10 Å². The van der Waals surface area contributed by atoms with Gasteiger partial charge in [0, 0.05) is 13.1 Å². The van der Waals surface area contributed by atoms with Gasteiger partial charge in [0.15, 0.2) is 0 Å². The van der Waals surface area contributed by atoms with E-state index in [2.05, 4.69) is 0 Å². The first kappa shape index (κ1) is 12.4. The summed E-state index contributed by atoms with van der Waals surface area (Å²) in [6.07, 6.45) is -0.103. The number of hydrogen-bond acceptors (Lipinski definition) is 2. The predicted molar refractivity (Wildman–Crippen MR) is 52.6 cm³/mol. The van der Waals surface area contributed by atoms with Gasteiger partial charge in [0.25, 0.3) is 0 Å². The highest BCUT2D eigenvalue weighted by Gasteiger charge is 2.27. The lowest BCUT2D eigenvalue weighted by Gasteiger charge is -2.24. The Bertz CT molecular complexity index is 171. The molecule has 0 heterocycles. The van der Waals surface area contributed by atoms with Crippen molar-refractivity contribution >= 4 is 18.1 Å². The molecule has 0 radical (unpaired) electrons. The van der Waals surface area contributed by atoms with Crippen LogP contribution in [0.25, 0.3) is 0 Å². The lowest BCUT2D eigenvalue weighted by Crippen LogP contribution is -2.19. The molecule has 0 aromatic carbocycles. The summed E-state index contributed by atoms with van der Waals surface area (Å²) in [6.45, 7) is 5.68. The zero-order valence-corrected chi connectivity index (χ0v) is 9.73. The van der Waals surface area contributed by atoms with Crippen LogP contribution in [0.5, 0.6) is 0 Å². The normalized spacial score (nSPS) is 16.9. The third-order valence-electron chi connectivity index (χ3n) is 1.41. The van der Waals surface area contributed by atoms with Gasteiger partial charge in [0.2, 0.25) is 0 Å². The average molecular weight is 214 g/mol. The highest BCUT2D eigenvalue weighted by Crippen LogP contribution is 2.56. The van der Waals surface area contributed by atoms with E-state index in [9.17, 15) is 4.57 Å². The Labute approximate surface area is 79.3 Å². The number of rotatable bonds is 5. The summed E-state index contributed by atoms with van der Waals surface area (Å²) in [6, 6.07) is 0. The third-order valence-corrected chi connectivity index (χ3v) is 4.21. The molecule has 0 saturated carbocycles. The van der Waals surface area contributed by atoms with Gasteiger partial charge >= 0.3 is 6.87 Å². The molecule has 0 N–H and O–H groups in total. The summed E-state index contributed by atoms with van der Waals surface area (Å²) in [5, 5.41) is 0. The van der Waals surface area contributed by atoms with Crippen molar-refractivity contribution in [2.45, 2.75) is 33.8 Å². The fourth-order valence-corrected chi connectivity index (χ4v) is 3.34. The second-order valence-corrected chi connectivity index (χ2v) is 5.71. The van der Waals surface area contributed by atoms with E-state index in [4.69, 9.17) is 15.8 Å². The van der Waals surface area contributed by atoms with Crippen molar-refractivity contribution in [3.05, 3.63) is 0 Å². The second-order valence-electron chi connectivity index (χ2n) is 2.74. The molecule has 0 saturated heterocycles. The van der Waals surface area contributed by atoms with Crippen LogP contribution in [0.15, 0.2) is 0 Å². The summed E-state index contributed by atoms with van der Waals surface area (Å²) >= 11 is 5.76. The molecule has 0 aliphatic rings. The average Bonchev–Trinajstić information content (AvgIpc) is 1.85. The van der Waals surface area contributed by atoms with Crippen molar-refractivity contribution < 1.29 is 9.09 Å². The highest BCUT2D eigenvalue weighted by atomic mass is 35.7. The minimum atomic E-state index is -3.05. The monoisotopic (exact) mass is 213 g/mol. The largest absolute Gasteiger partial charge is 0.363 e. The Morgan fingerprint density at radius 2 is 1.83 bits per heavy atom. The van der Waals surface area contributed by atoms with Crippen molar-refractivity contribution in [3.63, 3.8) is 0 Å². The molecule has 0 aliphatic carbocycles. The molecular weight excluding hydrogens is 197 g/mol. The second kappa shape index (κ2) is 5.23. The standard InChI is InChI=1S/C7H17ClNO2P/c1-5-9(6-2)12(8,10)11-7(3)4/h7H,5-6H2,1-4H3. The van der Waals surface area contributed by atoms with Crippen molar-refractivity contribution in [2.24, 2.45) is 0 Å². The van der Waals surface area contributed by atoms with E-state index in [0.717, 1.165) is 0 Å². The highest BCUT2D eigenvalue weighted by molar-refractivity contribution is 7.83. The molecule has 1 atom stereocenters. The van der Waals surface area contributed by atoms with Gasteiger partial charge in [-0.3, -0.25) is 4.57 Å². The smallest absolute Gasteiger partial charge is 0.303 e. The van der Waals surface area contributed by atoms with E-state index in [1.165, 1.54) is 0 Å². The van der Waals surface area contributed by atoms with Crippen LogP contribution in [-0.4, -0.2) is 23.9 Å². The maximum atomic E-state index is 11.7. The van der Waals surface area contributed by atoms with E-state index in [-0.39, 0.29) is 6.10 Å². The number of nitrogens with zero attached hydrogens (tertiary/aromatic N) is 1. The molecule has 5 heteroatoms. The molecule has 0 aromatic rings. The zero-order valence-electron chi connectivity index (χ0n) is 8.08. The van der Waals surface area contributed by atoms with Crippen molar-refractivity contribution in [1.29, 1.82) is 0 Å². The van der Waals surface area contributed by atoms with E-state index in [1.54, 1.807) is 4.67 Å². The molecule has 0 aliphatic heterocycles. The van der Waals surface area contributed by atoms with Crippen molar-refractivity contribution in [2.75, 3.05) is 13.1 Å². The van der Waals surface area contributed by atoms with Gasteiger partial charge in [-0.25, -0.2) is 4.67 Å². The molecule has 74 valence electrons. The third kappa shape index (κ3) is 3.90. The molecule has 1 unspecified atom stereocenters. The van der Waals surface area contributed by atoms with Crippen molar-refractivity contribution in [1.82, 2.24) is 4.67 Å². The molecule has 0 spiro atoms. The number of halogens is 1. The van der Waals surface area contributed by atoms with E-state index in [0.29, 0.717) is 13.1 Å². The van der Waals surface area contributed by atoms with Gasteiger partial charge in [-0.2, -0.15) is 0 Å². The molecule has 3 nitrogen and oxygen atoms in total. The molecule has 0 rings (SSSR count). The van der Waals surface area contributed by atoms with Crippen LogP contribution >= 0.6 is 18.1 Å². The first-order valence-electron chi connectivity index (χ1n) is 4.17. The lowest BCUT2D eigenvalue weighted by molar-refractivity contribution is 0.221. The maximum Gasteiger partial charge on any atom is 0.363 e. The molecule has 0 aromatic heterocycles. The Hall–Kier alpha value is 0.440. The van der Waals surface area contributed by atoms with Gasteiger partial charge in [-0.15, -0.1) is 0 Å². The maximum absolute atomic E-state index is 11.7. The fourth-order valence-electron chi connectivity index (χ4n) is 0.888. The minimum Gasteiger partial charge on any atom is -0.303 e. The molecule has 12 heavy (non-hydrogen) atoms. The predicted octanol–water partition coefficient (Wildman–Crippen LogP) is 3.10. The summed E-state index contributed by atoms with van der Waals surface area (Å²) in [5.41, 5.74) is 0. The summed E-state index contributed by atoms with van der Waals surface area (Å²) < 4.78 is 18.4. The molecule has 0 bridgehead atoms. The summed E-state index contributed by atoms with van der Waals surface area (Å²) in [4.78, 5) is 0. The van der Waals surface area contributed by atoms with Crippen LogP contribution in [0.3, 0.4) is 0 Å². The Morgan fingerprint density at radius 1 is 1.42 bits per heavy atom. The molecule has 0 fully saturated rings. The van der Waals surface area contributed by atoms with Crippen molar-refractivity contribution in [3.8, 4) is 0 Å². The number of hydrogen-bond donors (Lipinski definition) is 0. The van der Waals surface area contributed by atoms with E-state index >= 15 is 0 Å². The van der Waals surface area contributed by atoms with Crippen LogP contribution in [0.4, 0.5) is 0 Å². The van der Waals surface area contributed by atoms with E-state index in [1.807, 2.05) is 27.7 Å². The van der Waals surface area contributed by atoms with Crippen LogP contribution < -0.4 is 0 Å². The Morgan fingerprint density at radius 3 is 2.08 bits per heavy atom. The van der Waals surface area contributed by atoms with Crippen LogP contribution in [-0.2, 0) is 9.09 Å². The van der Waals surface area contributed by atoms with Gasteiger partial charge in [0.1, 0.15) is 0 Å². The first-order valence-corrected chi connectivity index (χ1v) is 6.65. The van der Waals surface area contributed by atoms with Gasteiger partial charge < -0.3 is 4.52 Å². The lowest BCUT2D eigenvalue weighted by atomic mass is 10.5. The quantitative estimate of drug-likeness (QED) is 0.658. The van der Waals surface area contributed by atoms with E-state index < -0.39 is 6.87 Å². The zero-order chi connectivity index (χ0) is 9.78. The fraction of sp³-hybridized carbons (Fsp3) is 1.00. The summed E-state index contributed by atoms with van der Waals surface area (Å²) in [5.74, 6) is 0. The first-order chi connectivity index (χ1) is 5.44. The van der Waals surface area contributed by atoms with Crippen LogP contribution in [0.1, 0.15) is 27.7 Å². The summed E-state index contributed by atoms with van der Waals surface area (Å²) in [7, 11) is 0. The Kier molecular flexibility index (Phi) is 5.42. The van der Waals surface area contributed by atoms with Crippen LogP contribution in [0, 0.1) is 0 Å². The minimum absolute atomic E-state index is 0.103. The molecular formula is C7H17ClNO2P. The van der Waals surface area contributed by atoms with Gasteiger partial charge in [-0.05, 0) is 25.1 Å². The molecule has 0 amide bonds. The Balaban J connectivity index is 4.26.